The van der Waals surface area contributed by atoms with Crippen LogP contribution in [-0.2, 0) is 11.3 Å². The van der Waals surface area contributed by atoms with Gasteiger partial charge in [0.05, 0.1) is 34.5 Å². The summed E-state index contributed by atoms with van der Waals surface area (Å²) in [6, 6.07) is 9.23. The van der Waals surface area contributed by atoms with Crippen LogP contribution in [-0.4, -0.2) is 40.0 Å². The molecule has 36 heavy (non-hydrogen) atoms. The fourth-order valence-corrected chi connectivity index (χ4v) is 5.75. The van der Waals surface area contributed by atoms with Gasteiger partial charge >= 0.3 is 0 Å². The quantitative estimate of drug-likeness (QED) is 0.265. The largest absolute Gasteiger partial charge is 0.505 e. The first-order valence-electron chi connectivity index (χ1n) is 11.5. The first kappa shape index (κ1) is 23.0. The minimum atomic E-state index is -0.221. The van der Waals surface area contributed by atoms with Gasteiger partial charge in [-0.05, 0) is 48.6 Å². The maximum absolute atomic E-state index is 14.0. The lowest BCUT2D eigenvalue weighted by atomic mass is 10.0. The highest BCUT2D eigenvalue weighted by atomic mass is 35.5. The van der Waals surface area contributed by atoms with Crippen molar-refractivity contribution in [2.24, 2.45) is 0 Å². The fourth-order valence-electron chi connectivity index (χ4n) is 4.42. The van der Waals surface area contributed by atoms with E-state index in [2.05, 4.69) is 4.98 Å². The number of aromatic nitrogens is 3. The molecule has 0 saturated heterocycles. The Hall–Kier alpha value is -3.40. The van der Waals surface area contributed by atoms with Crippen LogP contribution in [0.3, 0.4) is 0 Å². The van der Waals surface area contributed by atoms with Gasteiger partial charge < -0.3 is 19.0 Å². The molecule has 3 heterocycles. The Morgan fingerprint density at radius 1 is 1.25 bits per heavy atom. The summed E-state index contributed by atoms with van der Waals surface area (Å²) >= 11 is 7.40. The number of oxazole rings is 1. The molecule has 10 heteroatoms. The maximum Gasteiger partial charge on any atom is 0.263 e. The van der Waals surface area contributed by atoms with E-state index in [1.54, 1.807) is 30.0 Å². The van der Waals surface area contributed by atoms with Crippen LogP contribution in [0.1, 0.15) is 30.1 Å². The minimum absolute atomic E-state index is 0.0452. The van der Waals surface area contributed by atoms with E-state index in [0.717, 1.165) is 29.7 Å². The number of rotatable bonds is 8. The molecule has 0 atom stereocenters. The predicted molar refractivity (Wildman–Crippen MR) is 138 cm³/mol. The number of benzene rings is 2. The van der Waals surface area contributed by atoms with Crippen molar-refractivity contribution in [2.75, 3.05) is 20.3 Å². The number of thiophene rings is 1. The number of aromatic hydroxyl groups is 1. The van der Waals surface area contributed by atoms with Crippen LogP contribution in [0.5, 0.6) is 11.5 Å². The van der Waals surface area contributed by atoms with E-state index >= 15 is 0 Å². The second-order valence-electron chi connectivity index (χ2n) is 8.71. The molecule has 5 aromatic rings. The molecule has 0 spiro atoms. The number of phenols is 1. The fraction of sp³-hybridized carbons (Fsp3) is 0.269. The van der Waals surface area contributed by atoms with E-state index < -0.39 is 0 Å². The molecular formula is C26H22ClN3O5S. The Morgan fingerprint density at radius 3 is 2.86 bits per heavy atom. The van der Waals surface area contributed by atoms with Crippen molar-refractivity contribution >= 4 is 43.2 Å². The van der Waals surface area contributed by atoms with Crippen LogP contribution in [0.4, 0.5) is 0 Å². The van der Waals surface area contributed by atoms with E-state index in [-0.39, 0.29) is 22.9 Å². The van der Waals surface area contributed by atoms with Gasteiger partial charge in [-0.1, -0.05) is 17.7 Å². The van der Waals surface area contributed by atoms with Crippen molar-refractivity contribution in [2.45, 2.75) is 25.3 Å². The highest BCUT2D eigenvalue weighted by molar-refractivity contribution is 7.25. The summed E-state index contributed by atoms with van der Waals surface area (Å²) in [5.74, 6) is 2.16. The van der Waals surface area contributed by atoms with Crippen LogP contribution in [0.2, 0.25) is 5.02 Å². The molecule has 1 saturated carbocycles. The van der Waals surface area contributed by atoms with E-state index in [4.69, 9.17) is 30.5 Å². The van der Waals surface area contributed by atoms with Gasteiger partial charge in [-0.25, -0.2) is 9.97 Å². The molecule has 2 aromatic carbocycles. The summed E-state index contributed by atoms with van der Waals surface area (Å²) in [4.78, 5) is 23.5. The van der Waals surface area contributed by atoms with E-state index in [1.807, 2.05) is 18.2 Å². The SMILES string of the molecule is COCCOc1ccc(-c2nc3sc4c(O)c(Cl)ccc4c3c(=O)n2Cc2cnco2)c(C2CC2)c1. The van der Waals surface area contributed by atoms with Crippen LogP contribution in [0.15, 0.2) is 52.1 Å². The van der Waals surface area contributed by atoms with Gasteiger partial charge in [-0.3, -0.25) is 9.36 Å². The zero-order valence-electron chi connectivity index (χ0n) is 19.4. The van der Waals surface area contributed by atoms with Gasteiger partial charge in [0.25, 0.3) is 5.56 Å². The average molecular weight is 524 g/mol. The summed E-state index contributed by atoms with van der Waals surface area (Å²) in [7, 11) is 1.64. The summed E-state index contributed by atoms with van der Waals surface area (Å²) in [6.07, 6.45) is 5.07. The zero-order valence-corrected chi connectivity index (χ0v) is 20.9. The normalized spacial score (nSPS) is 13.6. The minimum Gasteiger partial charge on any atom is -0.505 e. The number of fused-ring (bicyclic) bond motifs is 3. The number of ether oxygens (including phenoxy) is 2. The van der Waals surface area contributed by atoms with Crippen molar-refractivity contribution in [3.05, 3.63) is 69.6 Å². The van der Waals surface area contributed by atoms with Gasteiger partial charge in [0.2, 0.25) is 0 Å². The molecule has 1 fully saturated rings. The van der Waals surface area contributed by atoms with Crippen LogP contribution >= 0.6 is 22.9 Å². The lowest BCUT2D eigenvalue weighted by Gasteiger charge is -2.16. The molecule has 0 amide bonds. The van der Waals surface area contributed by atoms with Crippen molar-refractivity contribution < 1.29 is 19.0 Å². The summed E-state index contributed by atoms with van der Waals surface area (Å²) in [6.45, 7) is 1.12. The molecule has 3 aromatic heterocycles. The lowest BCUT2D eigenvalue weighted by molar-refractivity contribution is 0.146. The predicted octanol–water partition coefficient (Wildman–Crippen LogP) is 5.58. The molecule has 0 bridgehead atoms. The number of methoxy groups -OCH3 is 1. The average Bonchev–Trinajstić information content (AvgIpc) is 3.46. The van der Waals surface area contributed by atoms with E-state index in [0.29, 0.717) is 51.0 Å². The topological polar surface area (TPSA) is 99.6 Å². The van der Waals surface area contributed by atoms with Crippen molar-refractivity contribution in [3.8, 4) is 22.9 Å². The van der Waals surface area contributed by atoms with Crippen molar-refractivity contribution in [1.29, 1.82) is 0 Å². The summed E-state index contributed by atoms with van der Waals surface area (Å²) < 4.78 is 18.6. The first-order chi connectivity index (χ1) is 17.5. The second kappa shape index (κ2) is 9.24. The molecule has 8 nitrogen and oxygen atoms in total. The Balaban J connectivity index is 1.58. The lowest BCUT2D eigenvalue weighted by Crippen LogP contribution is -2.24. The van der Waals surface area contributed by atoms with Gasteiger partial charge in [0, 0.05) is 18.1 Å². The Morgan fingerprint density at radius 2 is 2.11 bits per heavy atom. The number of hydrogen-bond donors (Lipinski definition) is 1. The molecule has 0 aliphatic heterocycles. The number of hydrogen-bond acceptors (Lipinski definition) is 8. The number of nitrogens with zero attached hydrogens (tertiary/aromatic N) is 3. The van der Waals surface area contributed by atoms with Gasteiger partial charge in [0.1, 0.15) is 28.8 Å². The first-order valence-corrected chi connectivity index (χ1v) is 12.7. The molecule has 1 aliphatic carbocycles. The molecule has 184 valence electrons. The molecule has 1 aliphatic rings. The summed E-state index contributed by atoms with van der Waals surface area (Å²) in [5, 5.41) is 11.9. The number of phenolic OH excluding ortho intramolecular Hbond substituents is 1. The second-order valence-corrected chi connectivity index (χ2v) is 10.1. The van der Waals surface area contributed by atoms with E-state index in [1.165, 1.54) is 17.7 Å². The van der Waals surface area contributed by atoms with E-state index in [9.17, 15) is 9.90 Å². The number of halogens is 1. The Labute approximate surface area is 214 Å². The molecular weight excluding hydrogens is 502 g/mol. The van der Waals surface area contributed by atoms with Crippen LogP contribution in [0, 0.1) is 0 Å². The summed E-state index contributed by atoms with van der Waals surface area (Å²) in [5.41, 5.74) is 1.74. The van der Waals surface area contributed by atoms with Gasteiger partial charge in [0.15, 0.2) is 12.1 Å². The van der Waals surface area contributed by atoms with Gasteiger partial charge in [-0.15, -0.1) is 11.3 Å². The monoisotopic (exact) mass is 523 g/mol. The third-order valence-electron chi connectivity index (χ3n) is 6.32. The Kier molecular flexibility index (Phi) is 5.91. The Bertz CT molecular complexity index is 1640. The standard InChI is InChI=1S/C26H22ClN3O5S/c1-33-8-9-34-15-4-5-17(19(10-15)14-2-3-14)24-29-25-21(18-6-7-20(27)22(31)23(18)36-25)26(32)30(24)12-16-11-28-13-35-16/h4-7,10-11,13-14,31H,2-3,8-9,12H2,1H3. The van der Waals surface area contributed by atoms with Crippen LogP contribution in [0.25, 0.3) is 31.7 Å². The molecule has 0 unspecified atom stereocenters. The van der Waals surface area contributed by atoms with Crippen molar-refractivity contribution in [3.63, 3.8) is 0 Å². The third kappa shape index (κ3) is 4.03. The highest BCUT2D eigenvalue weighted by Crippen LogP contribution is 2.46. The van der Waals surface area contributed by atoms with Gasteiger partial charge in [-0.2, -0.15) is 0 Å². The van der Waals surface area contributed by atoms with Crippen LogP contribution < -0.4 is 10.3 Å². The third-order valence-corrected chi connectivity index (χ3v) is 7.73. The zero-order chi connectivity index (χ0) is 24.8. The molecule has 6 rings (SSSR count). The highest BCUT2D eigenvalue weighted by Gasteiger charge is 2.29. The maximum atomic E-state index is 14.0. The van der Waals surface area contributed by atoms with Crippen molar-refractivity contribution in [1.82, 2.24) is 14.5 Å². The smallest absolute Gasteiger partial charge is 0.263 e. The molecule has 0 radical (unpaired) electrons. The molecule has 1 N–H and O–H groups in total.